The molecule has 6 heteroatoms. The van der Waals surface area contributed by atoms with E-state index in [1.165, 1.54) is 77.1 Å². The zero-order chi connectivity index (χ0) is 65.0. The second-order valence-corrected chi connectivity index (χ2v) is 31.5. The molecule has 2 aromatic heterocycles. The number of anilines is 6. The van der Waals surface area contributed by atoms with Crippen LogP contribution in [0.4, 0.5) is 34.1 Å². The van der Waals surface area contributed by atoms with Gasteiger partial charge in [-0.1, -0.05) is 237 Å². The van der Waals surface area contributed by atoms with E-state index in [1.807, 2.05) is 0 Å². The Morgan fingerprint density at radius 3 is 1.29 bits per heavy atom. The first-order valence-electron chi connectivity index (χ1n) is 33.2. The molecule has 0 unspecified atom stereocenters. The SMILES string of the molecule is CC(C)(C)c1cc(-c2ccc3c(c2)N(c2cccc(-n4c5ccccc5c5ccccc54)c2C#N)c2cc(C(C)(C)C)cc4c2B3c2ccc(-n3c5ccc(C(C)(C)C)cc5c5cc(C(C)(C)C)ccc53)cc2N4c2ccc(-c3ccccc3)cc2)cc(C(C)(C)C)c1. The minimum absolute atomic E-state index is 0.0332. The lowest BCUT2D eigenvalue weighted by Crippen LogP contribution is -2.61. The number of fused-ring (bicyclic) bond motifs is 10. The van der Waals surface area contributed by atoms with Crippen LogP contribution in [0, 0.1) is 11.3 Å². The third-order valence-corrected chi connectivity index (χ3v) is 20.1. The molecule has 0 aliphatic carbocycles. The summed E-state index contributed by atoms with van der Waals surface area (Å²) in [4.78, 5) is 5.04. The van der Waals surface area contributed by atoms with Crippen molar-refractivity contribution in [1.29, 1.82) is 5.26 Å². The molecule has 15 rings (SSSR count). The van der Waals surface area contributed by atoms with Gasteiger partial charge in [-0.05, 0) is 185 Å². The van der Waals surface area contributed by atoms with E-state index in [-0.39, 0.29) is 33.8 Å². The quantitative estimate of drug-likeness (QED) is 0.156. The second kappa shape index (κ2) is 21.1. The fourth-order valence-electron chi connectivity index (χ4n) is 14.8. The van der Waals surface area contributed by atoms with Crippen molar-refractivity contribution in [2.45, 2.75) is 131 Å². The summed E-state index contributed by atoms with van der Waals surface area (Å²) in [5.74, 6) is 0. The monoisotopic (exact) mass is 1210 g/mol. The molecule has 0 saturated carbocycles. The Kier molecular flexibility index (Phi) is 13.5. The van der Waals surface area contributed by atoms with Gasteiger partial charge >= 0.3 is 0 Å². The first kappa shape index (κ1) is 59.5. The van der Waals surface area contributed by atoms with Crippen molar-refractivity contribution in [3.63, 3.8) is 0 Å². The van der Waals surface area contributed by atoms with Gasteiger partial charge < -0.3 is 18.9 Å². The van der Waals surface area contributed by atoms with Crippen LogP contribution in [0.2, 0.25) is 0 Å². The van der Waals surface area contributed by atoms with Crippen LogP contribution in [-0.4, -0.2) is 15.8 Å². The minimum atomic E-state index is -0.291. The van der Waals surface area contributed by atoms with Gasteiger partial charge in [-0.3, -0.25) is 0 Å². The van der Waals surface area contributed by atoms with Gasteiger partial charge in [0, 0.05) is 55.7 Å². The predicted molar refractivity (Wildman–Crippen MR) is 398 cm³/mol. The lowest BCUT2D eigenvalue weighted by Gasteiger charge is -2.45. The van der Waals surface area contributed by atoms with Crippen molar-refractivity contribution in [2.24, 2.45) is 0 Å². The molecule has 0 fully saturated rings. The van der Waals surface area contributed by atoms with Crippen LogP contribution in [0.25, 0.3) is 77.2 Å². The molecular formula is C87H82BN5. The smallest absolute Gasteiger partial charge is 0.252 e. The molecule has 11 aromatic carbocycles. The molecule has 2 aliphatic heterocycles. The van der Waals surface area contributed by atoms with Gasteiger partial charge in [0.1, 0.15) is 11.6 Å². The Hall–Kier alpha value is -9.83. The van der Waals surface area contributed by atoms with Crippen LogP contribution >= 0.6 is 0 Å². The Morgan fingerprint density at radius 1 is 0.290 bits per heavy atom. The number of nitriles is 1. The molecule has 4 heterocycles. The van der Waals surface area contributed by atoms with Gasteiger partial charge in [-0.2, -0.15) is 5.26 Å². The maximum Gasteiger partial charge on any atom is 0.252 e. The van der Waals surface area contributed by atoms with E-state index >= 15 is 0 Å². The Bertz CT molecular complexity index is 5090. The number of rotatable bonds is 6. The maximum absolute atomic E-state index is 12.1. The zero-order valence-corrected chi connectivity index (χ0v) is 56.7. The van der Waals surface area contributed by atoms with E-state index in [9.17, 15) is 5.26 Å². The lowest BCUT2D eigenvalue weighted by molar-refractivity contribution is 0.569. The molecule has 0 amide bonds. The number of aromatic nitrogens is 2. The van der Waals surface area contributed by atoms with Gasteiger partial charge in [-0.25, -0.2) is 0 Å². The third kappa shape index (κ3) is 9.80. The van der Waals surface area contributed by atoms with Gasteiger partial charge in [0.15, 0.2) is 0 Å². The van der Waals surface area contributed by atoms with Gasteiger partial charge in [-0.15, -0.1) is 0 Å². The average molecular weight is 1210 g/mol. The van der Waals surface area contributed by atoms with Crippen molar-refractivity contribution in [2.75, 3.05) is 9.80 Å². The number of nitrogens with zero attached hydrogens (tertiary/aromatic N) is 5. The predicted octanol–water partition coefficient (Wildman–Crippen LogP) is 21.7. The molecular weight excluding hydrogens is 1130 g/mol. The molecule has 0 radical (unpaired) electrons. The highest BCUT2D eigenvalue weighted by Gasteiger charge is 2.45. The average Bonchev–Trinajstić information content (AvgIpc) is 1.28. The van der Waals surface area contributed by atoms with E-state index < -0.39 is 0 Å². The molecule has 2 aliphatic rings. The largest absolute Gasteiger partial charge is 0.311 e. The van der Waals surface area contributed by atoms with Crippen molar-refractivity contribution in [3.05, 3.63) is 258 Å². The third-order valence-electron chi connectivity index (χ3n) is 20.1. The highest BCUT2D eigenvalue weighted by atomic mass is 15.2. The lowest BCUT2D eigenvalue weighted by atomic mass is 9.33. The van der Waals surface area contributed by atoms with Crippen LogP contribution in [0.3, 0.4) is 0 Å². The molecule has 93 heavy (non-hydrogen) atoms. The molecule has 0 N–H and O–H groups in total. The number of para-hydroxylation sites is 2. The highest BCUT2D eigenvalue weighted by Crippen LogP contribution is 2.50. The Balaban J connectivity index is 1.05. The van der Waals surface area contributed by atoms with E-state index in [4.69, 9.17) is 0 Å². The fourth-order valence-corrected chi connectivity index (χ4v) is 14.8. The van der Waals surface area contributed by atoms with Gasteiger partial charge in [0.25, 0.3) is 6.71 Å². The van der Waals surface area contributed by atoms with Crippen molar-refractivity contribution >= 4 is 101 Å². The van der Waals surface area contributed by atoms with E-state index in [2.05, 4.69) is 353 Å². The van der Waals surface area contributed by atoms with Crippen molar-refractivity contribution < 1.29 is 0 Å². The molecule has 0 saturated heterocycles. The van der Waals surface area contributed by atoms with Gasteiger partial charge in [0.05, 0.1) is 33.4 Å². The molecule has 0 atom stereocenters. The van der Waals surface area contributed by atoms with Crippen LogP contribution in [0.15, 0.2) is 224 Å². The zero-order valence-electron chi connectivity index (χ0n) is 56.7. The normalized spacial score (nSPS) is 13.5. The summed E-state index contributed by atoms with van der Waals surface area (Å²) < 4.78 is 4.82. The molecule has 13 aromatic rings. The summed E-state index contributed by atoms with van der Waals surface area (Å²) in [6, 6.07) is 87.5. The Morgan fingerprint density at radius 2 is 0.742 bits per heavy atom. The van der Waals surface area contributed by atoms with Crippen LogP contribution < -0.4 is 26.2 Å². The van der Waals surface area contributed by atoms with Crippen LogP contribution in [0.1, 0.15) is 137 Å². The van der Waals surface area contributed by atoms with E-state index in [0.717, 1.165) is 78.4 Å². The number of hydrogen-bond acceptors (Lipinski definition) is 3. The molecule has 5 nitrogen and oxygen atoms in total. The fraction of sp³-hybridized carbons (Fsp3) is 0.230. The summed E-state index contributed by atoms with van der Waals surface area (Å²) in [7, 11) is 0. The summed E-state index contributed by atoms with van der Waals surface area (Å²) in [5, 5.41) is 16.9. The number of benzene rings is 11. The maximum atomic E-state index is 12.1. The summed E-state index contributed by atoms with van der Waals surface area (Å²) in [6.45, 7) is 34.6. The first-order valence-corrected chi connectivity index (χ1v) is 33.2. The highest BCUT2D eigenvalue weighted by molar-refractivity contribution is 7.00. The van der Waals surface area contributed by atoms with Crippen molar-refractivity contribution in [1.82, 2.24) is 9.13 Å². The second-order valence-electron chi connectivity index (χ2n) is 31.5. The molecule has 0 bridgehead atoms. The van der Waals surface area contributed by atoms with E-state index in [1.54, 1.807) is 0 Å². The summed E-state index contributed by atoms with van der Waals surface area (Å²) in [5.41, 5.74) is 27.4. The number of hydrogen-bond donors (Lipinski definition) is 0. The molecule has 458 valence electrons. The van der Waals surface area contributed by atoms with Crippen LogP contribution in [-0.2, 0) is 27.1 Å². The van der Waals surface area contributed by atoms with Crippen LogP contribution in [0.5, 0.6) is 0 Å². The minimum Gasteiger partial charge on any atom is -0.311 e. The first-order chi connectivity index (χ1) is 44.2. The molecule has 0 spiro atoms. The Labute approximate surface area is 550 Å². The summed E-state index contributed by atoms with van der Waals surface area (Å²) in [6.07, 6.45) is 0. The van der Waals surface area contributed by atoms with Crippen molar-refractivity contribution in [3.8, 4) is 39.7 Å². The van der Waals surface area contributed by atoms with E-state index in [0.29, 0.717) is 5.56 Å². The topological polar surface area (TPSA) is 40.1 Å². The van der Waals surface area contributed by atoms with Gasteiger partial charge in [0.2, 0.25) is 0 Å². The summed E-state index contributed by atoms with van der Waals surface area (Å²) >= 11 is 0. The standard InChI is InChI=1S/C87H82BN5/c1-83(2,3)58-35-42-76-67(48-58)68-49-59(84(4,5)6)36-43-77(68)91(76)64-39-41-71-79(52-64)90(63-37-32-55(33-38-63)54-24-17-16-18-25-54)80-50-62(87(13,14)15)51-81-82(80)88(71)70-40-34-56(57-44-60(85(7,8)9)47-61(45-57)86(10,11)12)46-78(70)93(81)75-31-23-30-74(69(75)53-89)92-72-28-21-19-26-65(72)66-27-20-22-29-73(66)92/h16-52H,1-15H3.